The van der Waals surface area contributed by atoms with Gasteiger partial charge in [0.05, 0.1) is 29.1 Å². The van der Waals surface area contributed by atoms with E-state index in [-0.39, 0.29) is 46.6 Å². The molecule has 1 aromatic heterocycles. The second kappa shape index (κ2) is 14.9. The molecule has 2 fully saturated rings. The molecular formula is C38H50ClF3N6O4. The summed E-state index contributed by atoms with van der Waals surface area (Å²) in [4.78, 5) is 33.2. The molecule has 3 amide bonds. The molecule has 4 unspecified atom stereocenters. The van der Waals surface area contributed by atoms with Crippen LogP contribution in [0.5, 0.6) is 5.75 Å². The number of fused-ring (bicyclic) bond motifs is 1. The highest BCUT2D eigenvalue weighted by atomic mass is 35.5. The van der Waals surface area contributed by atoms with Crippen LogP contribution in [0.4, 0.5) is 23.8 Å². The molecule has 1 spiro atoms. The van der Waals surface area contributed by atoms with E-state index in [4.69, 9.17) is 21.1 Å². The third-order valence-corrected chi connectivity index (χ3v) is 11.7. The van der Waals surface area contributed by atoms with Crippen LogP contribution in [-0.2, 0) is 26.5 Å². The molecule has 4 atom stereocenters. The van der Waals surface area contributed by atoms with Crippen molar-refractivity contribution in [3.8, 4) is 5.75 Å². The Morgan fingerprint density at radius 3 is 2.40 bits per heavy atom. The van der Waals surface area contributed by atoms with Crippen LogP contribution in [-0.4, -0.2) is 57.7 Å². The van der Waals surface area contributed by atoms with Gasteiger partial charge in [0.15, 0.2) is 5.82 Å². The minimum absolute atomic E-state index is 0.0175. The van der Waals surface area contributed by atoms with Gasteiger partial charge in [0.1, 0.15) is 5.75 Å². The maximum Gasteiger partial charge on any atom is 0.451 e. The summed E-state index contributed by atoms with van der Waals surface area (Å²) in [6.07, 6.45) is -1.27. The number of carbonyl (C=O) groups is 2. The second-order valence-electron chi connectivity index (χ2n) is 15.1. The molecule has 2 aromatic carbocycles. The number of rotatable bonds is 13. The second-order valence-corrected chi connectivity index (χ2v) is 15.6. The average Bonchev–Trinajstić information content (AvgIpc) is 3.11. The number of benzene rings is 2. The Morgan fingerprint density at radius 2 is 1.75 bits per heavy atom. The number of carbonyl (C=O) groups excluding carboxylic acids is 2. The Kier molecular flexibility index (Phi) is 11.3. The smallest absolute Gasteiger partial charge is 0.451 e. The molecule has 10 nitrogen and oxygen atoms in total. The number of hydrogen-bond donors (Lipinski definition) is 4. The molecule has 14 heteroatoms. The molecule has 3 aromatic rings. The van der Waals surface area contributed by atoms with Gasteiger partial charge in [-0.1, -0.05) is 72.7 Å². The third-order valence-electron chi connectivity index (χ3n) is 11.2. The Balaban J connectivity index is 1.23. The maximum absolute atomic E-state index is 13.6. The lowest BCUT2D eigenvalue weighted by Crippen LogP contribution is -2.85. The fourth-order valence-corrected chi connectivity index (χ4v) is 7.33. The van der Waals surface area contributed by atoms with Gasteiger partial charge in [-0.15, -0.1) is 11.6 Å². The van der Waals surface area contributed by atoms with Gasteiger partial charge in [-0.2, -0.15) is 13.2 Å². The molecule has 1 aliphatic carbocycles. The number of nitrogens with one attached hydrogen (secondary N) is 4. The normalized spacial score (nSPS) is 23.6. The number of urea groups is 1. The summed E-state index contributed by atoms with van der Waals surface area (Å²) in [5.74, 6) is -0.983. The fourth-order valence-electron chi connectivity index (χ4n) is 7.06. The van der Waals surface area contributed by atoms with Crippen LogP contribution >= 0.6 is 11.6 Å². The van der Waals surface area contributed by atoms with E-state index in [1.54, 1.807) is 18.2 Å². The van der Waals surface area contributed by atoms with Crippen molar-refractivity contribution in [2.75, 3.05) is 18.6 Å². The molecule has 1 saturated heterocycles. The van der Waals surface area contributed by atoms with Crippen molar-refractivity contribution in [1.82, 2.24) is 26.0 Å². The highest BCUT2D eigenvalue weighted by molar-refractivity contribution is 6.21. The van der Waals surface area contributed by atoms with Gasteiger partial charge >= 0.3 is 12.2 Å². The third kappa shape index (κ3) is 7.62. The summed E-state index contributed by atoms with van der Waals surface area (Å²) in [6.45, 7) is 15.3. The van der Waals surface area contributed by atoms with Crippen molar-refractivity contribution in [2.24, 2.45) is 0 Å². The van der Waals surface area contributed by atoms with Crippen LogP contribution in [0.2, 0.25) is 0 Å². The first-order chi connectivity index (χ1) is 24.4. The van der Waals surface area contributed by atoms with Gasteiger partial charge in [-0.25, -0.2) is 14.8 Å². The number of hydrazine groups is 1. The van der Waals surface area contributed by atoms with E-state index >= 15 is 0 Å². The number of aromatic nitrogens is 2. The molecule has 1 saturated carbocycles. The van der Waals surface area contributed by atoms with E-state index in [0.717, 1.165) is 18.4 Å². The molecule has 4 N–H and O–H groups in total. The van der Waals surface area contributed by atoms with E-state index in [0.29, 0.717) is 36.8 Å². The van der Waals surface area contributed by atoms with Gasteiger partial charge < -0.3 is 20.1 Å². The van der Waals surface area contributed by atoms with E-state index in [1.807, 2.05) is 13.0 Å². The van der Waals surface area contributed by atoms with Crippen LogP contribution in [0.3, 0.4) is 0 Å². The van der Waals surface area contributed by atoms with E-state index in [2.05, 4.69) is 85.1 Å². The van der Waals surface area contributed by atoms with E-state index in [1.165, 1.54) is 11.6 Å². The highest BCUT2D eigenvalue weighted by Gasteiger charge is 2.69. The molecule has 0 radical (unpaired) electrons. The largest absolute Gasteiger partial charge is 0.475 e. The van der Waals surface area contributed by atoms with Crippen molar-refractivity contribution in [3.05, 3.63) is 59.4 Å². The Labute approximate surface area is 308 Å². The molecular weight excluding hydrogens is 697 g/mol. The zero-order valence-electron chi connectivity index (χ0n) is 30.9. The maximum atomic E-state index is 13.6. The number of ether oxygens (including phenoxy) is 2. The van der Waals surface area contributed by atoms with E-state index in [9.17, 15) is 22.8 Å². The Bertz CT molecular complexity index is 1790. The minimum atomic E-state index is -4.77. The van der Waals surface area contributed by atoms with Crippen LogP contribution in [0.25, 0.3) is 10.9 Å². The number of para-hydroxylation sites is 1. The Hall–Kier alpha value is -3.84. The zero-order valence-corrected chi connectivity index (χ0v) is 31.6. The van der Waals surface area contributed by atoms with Gasteiger partial charge in [0, 0.05) is 23.9 Å². The highest BCUT2D eigenvalue weighted by Crippen LogP contribution is 2.51. The standard InChI is InChI=1S/C38H50ClF3N6O4/c1-8-34(4,5)23-15-16-28(25(21-23)35(6,7)9-2)52-37(10-3)32(49)46-36(37)18-17-26(39)29(22-36)51-20-19-43-33(50)48-47-30-24-13-11-12-14-27(24)44-31(45-30)38(40,41)42/h11-16,21,26,29H,8-10,17-20,22H2,1-7H3,(H,46,49)(H2,43,48,50)(H,44,45,47). The summed E-state index contributed by atoms with van der Waals surface area (Å²) in [6, 6.07) is 11.8. The number of alkyl halides is 4. The van der Waals surface area contributed by atoms with Gasteiger partial charge in [0.25, 0.3) is 5.91 Å². The zero-order chi connectivity index (χ0) is 38.1. The summed E-state index contributed by atoms with van der Waals surface area (Å²) >= 11 is 6.77. The SMILES string of the molecule is CCC(C)(C)c1ccc(OC2(CC)C(=O)NC23CCC(Cl)C(OCCNC(=O)NNc2nc(C(F)(F)F)nc4ccccc24)C3)c(C(C)(C)CC)c1. The monoisotopic (exact) mass is 746 g/mol. The first kappa shape index (κ1) is 39.4. The molecule has 52 heavy (non-hydrogen) atoms. The van der Waals surface area contributed by atoms with Crippen molar-refractivity contribution in [3.63, 3.8) is 0 Å². The number of halogens is 4. The van der Waals surface area contributed by atoms with Gasteiger partial charge in [0.2, 0.25) is 11.4 Å². The average molecular weight is 747 g/mol. The predicted molar refractivity (Wildman–Crippen MR) is 196 cm³/mol. The molecule has 2 aliphatic rings. The first-order valence-electron chi connectivity index (χ1n) is 18.0. The van der Waals surface area contributed by atoms with Crippen LogP contribution in [0, 0.1) is 0 Å². The quantitative estimate of drug-likeness (QED) is 0.0606. The first-order valence-corrected chi connectivity index (χ1v) is 18.4. The van der Waals surface area contributed by atoms with Crippen molar-refractivity contribution in [1.29, 1.82) is 0 Å². The number of β-lactam (4-membered cyclic amide) rings is 1. The minimum Gasteiger partial charge on any atom is -0.475 e. The summed E-state index contributed by atoms with van der Waals surface area (Å²) in [5, 5.41) is 5.78. The number of anilines is 1. The summed E-state index contributed by atoms with van der Waals surface area (Å²) in [5.41, 5.74) is 5.13. The molecule has 1 aliphatic heterocycles. The van der Waals surface area contributed by atoms with Crippen LogP contribution in [0.15, 0.2) is 42.5 Å². The predicted octanol–water partition coefficient (Wildman–Crippen LogP) is 7.92. The topological polar surface area (TPSA) is 126 Å². The number of amides is 3. The summed E-state index contributed by atoms with van der Waals surface area (Å²) in [7, 11) is 0. The number of nitrogens with zero attached hydrogens (tertiary/aromatic N) is 2. The summed E-state index contributed by atoms with van der Waals surface area (Å²) < 4.78 is 53.2. The lowest BCUT2D eigenvalue weighted by atomic mass is 9.61. The van der Waals surface area contributed by atoms with Gasteiger partial charge in [-0.3, -0.25) is 15.6 Å². The van der Waals surface area contributed by atoms with Crippen LogP contribution in [0.1, 0.15) is 104 Å². The van der Waals surface area contributed by atoms with Crippen molar-refractivity contribution in [2.45, 2.75) is 127 Å². The number of hydrogen-bond acceptors (Lipinski definition) is 7. The van der Waals surface area contributed by atoms with E-state index < -0.39 is 35.3 Å². The van der Waals surface area contributed by atoms with Crippen molar-refractivity contribution < 1.29 is 32.2 Å². The lowest BCUT2D eigenvalue weighted by molar-refractivity contribution is -0.181. The van der Waals surface area contributed by atoms with Gasteiger partial charge in [-0.05, 0) is 66.7 Å². The molecule has 2 heterocycles. The molecule has 0 bridgehead atoms. The van der Waals surface area contributed by atoms with Crippen LogP contribution < -0.4 is 26.2 Å². The fraction of sp³-hybridized carbons (Fsp3) is 0.579. The molecule has 284 valence electrons. The lowest BCUT2D eigenvalue weighted by Gasteiger charge is -2.60. The van der Waals surface area contributed by atoms with Crippen molar-refractivity contribution >= 4 is 40.3 Å². The Morgan fingerprint density at radius 1 is 1.04 bits per heavy atom. The molecule has 5 rings (SSSR count).